The summed E-state index contributed by atoms with van der Waals surface area (Å²) in [4.78, 5) is 13.7. The van der Waals surface area contributed by atoms with E-state index in [1.165, 1.54) is 18.3 Å². The molecule has 0 spiro atoms. The molecule has 0 unspecified atom stereocenters. The summed E-state index contributed by atoms with van der Waals surface area (Å²) in [5.41, 5.74) is -0.358. The van der Waals surface area contributed by atoms with Crippen LogP contribution in [0.1, 0.15) is 10.4 Å². The number of rotatable bonds is 4. The molecule has 1 aromatic heterocycles. The first-order chi connectivity index (χ1) is 9.81. The van der Waals surface area contributed by atoms with E-state index in [0.29, 0.717) is 0 Å². The Hall–Kier alpha value is -2.19. The van der Waals surface area contributed by atoms with Crippen LogP contribution < -0.4 is 4.72 Å². The van der Waals surface area contributed by atoms with Crippen molar-refractivity contribution in [2.75, 3.05) is 4.72 Å². The zero-order chi connectivity index (χ0) is 15.6. The Labute approximate surface area is 124 Å². The predicted octanol–water partition coefficient (Wildman–Crippen LogP) is 2.37. The van der Waals surface area contributed by atoms with Crippen molar-refractivity contribution in [1.82, 2.24) is 4.98 Å². The quantitative estimate of drug-likeness (QED) is 0.897. The van der Waals surface area contributed by atoms with Crippen LogP contribution in [0.15, 0.2) is 41.4 Å². The van der Waals surface area contributed by atoms with E-state index in [4.69, 9.17) is 16.7 Å². The highest BCUT2D eigenvalue weighted by atomic mass is 35.5. The maximum Gasteiger partial charge on any atom is 0.335 e. The van der Waals surface area contributed by atoms with E-state index in [0.717, 1.165) is 18.2 Å². The second-order valence-corrected chi connectivity index (χ2v) is 5.95. The normalized spacial score (nSPS) is 11.1. The van der Waals surface area contributed by atoms with Gasteiger partial charge in [-0.05, 0) is 30.3 Å². The fourth-order valence-electron chi connectivity index (χ4n) is 1.49. The average Bonchev–Trinajstić information content (AvgIpc) is 2.41. The third-order valence-corrected chi connectivity index (χ3v) is 4.12. The second kappa shape index (κ2) is 5.66. The van der Waals surface area contributed by atoms with Crippen molar-refractivity contribution in [2.24, 2.45) is 0 Å². The lowest BCUT2D eigenvalue weighted by Crippen LogP contribution is -2.16. The van der Waals surface area contributed by atoms with Gasteiger partial charge in [0.15, 0.2) is 5.82 Å². The van der Waals surface area contributed by atoms with Crippen molar-refractivity contribution < 1.29 is 22.7 Å². The largest absolute Gasteiger partial charge is 0.478 e. The number of sulfonamides is 1. The maximum absolute atomic E-state index is 13.7. The number of carboxylic acid groups (broad SMARTS) is 1. The molecule has 0 atom stereocenters. The van der Waals surface area contributed by atoms with Crippen LogP contribution in [0.4, 0.5) is 10.2 Å². The third-order valence-electron chi connectivity index (χ3n) is 2.46. The molecular formula is C12H8ClFN2O4S. The summed E-state index contributed by atoms with van der Waals surface area (Å²) in [5.74, 6) is -2.64. The standard InChI is InChI=1S/C12H8ClFN2O4S/c13-8-2-1-5-15-11(8)16-21(19,20)10-6-7(12(17)18)3-4-9(10)14/h1-6H,(H,15,16)(H,17,18). The minimum absolute atomic E-state index is 0.0240. The van der Waals surface area contributed by atoms with Crippen molar-refractivity contribution in [2.45, 2.75) is 4.90 Å². The van der Waals surface area contributed by atoms with Gasteiger partial charge in [0.25, 0.3) is 10.0 Å². The molecule has 2 N–H and O–H groups in total. The van der Waals surface area contributed by atoms with Crippen LogP contribution >= 0.6 is 11.6 Å². The lowest BCUT2D eigenvalue weighted by molar-refractivity contribution is 0.0696. The van der Waals surface area contributed by atoms with Gasteiger partial charge >= 0.3 is 5.97 Å². The van der Waals surface area contributed by atoms with E-state index < -0.39 is 26.7 Å². The molecule has 1 aromatic carbocycles. The number of nitrogens with zero attached hydrogens (tertiary/aromatic N) is 1. The van der Waals surface area contributed by atoms with Gasteiger partial charge in [0, 0.05) is 6.20 Å². The second-order valence-electron chi connectivity index (χ2n) is 3.89. The van der Waals surface area contributed by atoms with Crippen LogP contribution in [0.2, 0.25) is 5.02 Å². The number of benzene rings is 1. The van der Waals surface area contributed by atoms with Gasteiger partial charge in [-0.15, -0.1) is 0 Å². The zero-order valence-electron chi connectivity index (χ0n) is 10.2. The Morgan fingerprint density at radius 3 is 2.67 bits per heavy atom. The van der Waals surface area contributed by atoms with Crippen LogP contribution in [0, 0.1) is 5.82 Å². The Morgan fingerprint density at radius 2 is 2.05 bits per heavy atom. The number of anilines is 1. The minimum Gasteiger partial charge on any atom is -0.478 e. The van der Waals surface area contributed by atoms with Crippen molar-refractivity contribution in [3.63, 3.8) is 0 Å². The SMILES string of the molecule is O=C(O)c1ccc(F)c(S(=O)(=O)Nc2ncccc2Cl)c1. The van der Waals surface area contributed by atoms with E-state index in [2.05, 4.69) is 4.98 Å². The highest BCUT2D eigenvalue weighted by molar-refractivity contribution is 7.92. The molecule has 0 aliphatic heterocycles. The van der Waals surface area contributed by atoms with Crippen molar-refractivity contribution in [1.29, 1.82) is 0 Å². The molecule has 2 rings (SSSR count). The number of carbonyl (C=O) groups is 1. The van der Waals surface area contributed by atoms with Crippen LogP contribution in [-0.4, -0.2) is 24.5 Å². The van der Waals surface area contributed by atoms with Crippen molar-refractivity contribution >= 4 is 33.4 Å². The lowest BCUT2D eigenvalue weighted by atomic mass is 10.2. The van der Waals surface area contributed by atoms with Gasteiger partial charge in [-0.25, -0.2) is 22.6 Å². The van der Waals surface area contributed by atoms with Gasteiger partial charge in [0.05, 0.1) is 10.6 Å². The number of carboxylic acids is 1. The summed E-state index contributed by atoms with van der Waals surface area (Å²) in [7, 11) is -4.36. The number of hydrogen-bond acceptors (Lipinski definition) is 4. The molecule has 0 bridgehead atoms. The molecule has 2 aromatic rings. The topological polar surface area (TPSA) is 96.4 Å². The number of aromatic carboxylic acids is 1. The number of pyridine rings is 1. The van der Waals surface area contributed by atoms with Gasteiger partial charge in [-0.1, -0.05) is 11.6 Å². The van der Waals surface area contributed by atoms with Crippen LogP contribution in [0.25, 0.3) is 0 Å². The fourth-order valence-corrected chi connectivity index (χ4v) is 2.84. The first-order valence-corrected chi connectivity index (χ1v) is 7.33. The van der Waals surface area contributed by atoms with E-state index in [-0.39, 0.29) is 16.4 Å². The Morgan fingerprint density at radius 1 is 1.33 bits per heavy atom. The van der Waals surface area contributed by atoms with E-state index in [1.54, 1.807) is 0 Å². The van der Waals surface area contributed by atoms with Gasteiger partial charge in [0.1, 0.15) is 10.7 Å². The lowest BCUT2D eigenvalue weighted by Gasteiger charge is -2.09. The Balaban J connectivity index is 2.47. The number of halogens is 2. The van der Waals surface area contributed by atoms with Crippen molar-refractivity contribution in [3.05, 3.63) is 52.9 Å². The van der Waals surface area contributed by atoms with E-state index >= 15 is 0 Å². The van der Waals surface area contributed by atoms with Crippen LogP contribution in [0.3, 0.4) is 0 Å². The smallest absolute Gasteiger partial charge is 0.335 e. The van der Waals surface area contributed by atoms with Crippen molar-refractivity contribution in [3.8, 4) is 0 Å². The summed E-state index contributed by atoms with van der Waals surface area (Å²) >= 11 is 5.76. The van der Waals surface area contributed by atoms with E-state index in [9.17, 15) is 17.6 Å². The zero-order valence-corrected chi connectivity index (χ0v) is 11.8. The van der Waals surface area contributed by atoms with E-state index in [1.807, 2.05) is 4.72 Å². The van der Waals surface area contributed by atoms with Gasteiger partial charge in [-0.2, -0.15) is 0 Å². The molecule has 0 amide bonds. The minimum atomic E-state index is -4.36. The summed E-state index contributed by atoms with van der Waals surface area (Å²) in [6.07, 6.45) is 1.30. The summed E-state index contributed by atoms with van der Waals surface area (Å²) in [5, 5.41) is 8.85. The summed E-state index contributed by atoms with van der Waals surface area (Å²) in [6.45, 7) is 0. The highest BCUT2D eigenvalue weighted by Gasteiger charge is 2.22. The molecule has 0 fully saturated rings. The van der Waals surface area contributed by atoms with Crippen LogP contribution in [-0.2, 0) is 10.0 Å². The average molecular weight is 331 g/mol. The number of nitrogens with one attached hydrogen (secondary N) is 1. The molecule has 110 valence electrons. The molecule has 1 heterocycles. The molecule has 0 aliphatic carbocycles. The first kappa shape index (κ1) is 15.2. The Bertz CT molecular complexity index is 811. The first-order valence-electron chi connectivity index (χ1n) is 5.47. The summed E-state index contributed by atoms with van der Waals surface area (Å²) in [6, 6.07) is 5.33. The van der Waals surface area contributed by atoms with Crippen LogP contribution in [0.5, 0.6) is 0 Å². The summed E-state index contributed by atoms with van der Waals surface area (Å²) < 4.78 is 39.9. The van der Waals surface area contributed by atoms with Gasteiger partial charge in [0.2, 0.25) is 0 Å². The number of aromatic nitrogens is 1. The molecule has 0 radical (unpaired) electrons. The molecule has 0 saturated heterocycles. The third kappa shape index (κ3) is 3.29. The van der Waals surface area contributed by atoms with Gasteiger partial charge < -0.3 is 5.11 Å². The molecule has 21 heavy (non-hydrogen) atoms. The highest BCUT2D eigenvalue weighted by Crippen LogP contribution is 2.23. The molecule has 0 saturated carbocycles. The molecule has 0 aliphatic rings. The number of hydrogen-bond donors (Lipinski definition) is 2. The molecule has 9 heteroatoms. The molecular weight excluding hydrogens is 323 g/mol. The monoisotopic (exact) mass is 330 g/mol. The maximum atomic E-state index is 13.7. The predicted molar refractivity (Wildman–Crippen MR) is 73.4 cm³/mol. The fraction of sp³-hybridized carbons (Fsp3) is 0. The van der Waals surface area contributed by atoms with Gasteiger partial charge in [-0.3, -0.25) is 4.72 Å². The Kier molecular flexibility index (Phi) is 4.10. The molecule has 6 nitrogen and oxygen atoms in total.